The summed E-state index contributed by atoms with van der Waals surface area (Å²) in [5.74, 6) is -0.158. The Morgan fingerprint density at radius 1 is 1.00 bits per heavy atom. The third-order valence-corrected chi connectivity index (χ3v) is 5.25. The lowest BCUT2D eigenvalue weighted by Gasteiger charge is -2.38. The third-order valence-electron chi connectivity index (χ3n) is 5.25. The van der Waals surface area contributed by atoms with Gasteiger partial charge in [0.15, 0.2) is 0 Å². The van der Waals surface area contributed by atoms with E-state index in [-0.39, 0.29) is 28.7 Å². The van der Waals surface area contributed by atoms with Crippen LogP contribution in [0, 0.1) is 21.4 Å². The average molecular weight is 416 g/mol. The van der Waals surface area contributed by atoms with Crippen molar-refractivity contribution < 1.29 is 4.92 Å². The molecule has 31 heavy (non-hydrogen) atoms. The number of para-hydroxylation sites is 1. The largest absolute Gasteiger partial charge is 0.382 e. The van der Waals surface area contributed by atoms with Crippen LogP contribution in [0.25, 0.3) is 11.3 Å². The number of nitrogen functional groups attached to an aromatic ring is 2. The van der Waals surface area contributed by atoms with E-state index in [0.717, 1.165) is 24.5 Å². The number of nitriles is 1. The van der Waals surface area contributed by atoms with Crippen molar-refractivity contribution in [1.82, 2.24) is 9.97 Å². The molecule has 10 heteroatoms. The molecule has 4 rings (SSSR count). The number of aromatic nitrogens is 2. The molecule has 0 bridgehead atoms. The maximum Gasteiger partial charge on any atom is 0.270 e. The van der Waals surface area contributed by atoms with E-state index in [0.29, 0.717) is 18.7 Å². The minimum Gasteiger partial charge on any atom is -0.382 e. The summed E-state index contributed by atoms with van der Waals surface area (Å²) in [5.41, 5.74) is 14.1. The molecule has 10 nitrogen and oxygen atoms in total. The summed E-state index contributed by atoms with van der Waals surface area (Å²) in [6.45, 7) is 2.94. The minimum atomic E-state index is -0.486. The summed E-state index contributed by atoms with van der Waals surface area (Å²) >= 11 is 0. The molecule has 1 aliphatic heterocycles. The standard InChI is InChI=1S/C21H20N8O2/c22-13-17-19(25-21(24)26-20(17)23)16-12-15(29(30)31)6-7-18(16)28-10-8-27(9-11-28)14-4-2-1-3-5-14/h1-7,12H,8-11H2,(H4,23,24,25,26). The Morgan fingerprint density at radius 2 is 1.68 bits per heavy atom. The topological polar surface area (TPSA) is 151 Å². The van der Waals surface area contributed by atoms with Crippen LogP contribution in [0.1, 0.15) is 5.56 Å². The zero-order chi connectivity index (χ0) is 22.0. The first-order valence-corrected chi connectivity index (χ1v) is 9.64. The Morgan fingerprint density at radius 3 is 2.32 bits per heavy atom. The van der Waals surface area contributed by atoms with Crippen molar-refractivity contribution in [2.24, 2.45) is 0 Å². The Bertz CT molecular complexity index is 1170. The van der Waals surface area contributed by atoms with Crippen molar-refractivity contribution in [2.45, 2.75) is 0 Å². The lowest BCUT2D eigenvalue weighted by molar-refractivity contribution is -0.384. The number of hydrogen-bond donors (Lipinski definition) is 2. The van der Waals surface area contributed by atoms with E-state index in [9.17, 15) is 15.4 Å². The van der Waals surface area contributed by atoms with Gasteiger partial charge in [-0.2, -0.15) is 10.2 Å². The third kappa shape index (κ3) is 3.89. The molecule has 0 spiro atoms. The van der Waals surface area contributed by atoms with Gasteiger partial charge in [-0.3, -0.25) is 10.1 Å². The number of non-ortho nitro benzene ring substituents is 1. The van der Waals surface area contributed by atoms with Crippen LogP contribution in [-0.4, -0.2) is 41.1 Å². The highest BCUT2D eigenvalue weighted by Gasteiger charge is 2.25. The lowest BCUT2D eigenvalue weighted by Crippen LogP contribution is -2.46. The predicted octanol–water partition coefficient (Wildman–Crippen LogP) is 2.41. The average Bonchev–Trinajstić information content (AvgIpc) is 2.79. The molecule has 1 aliphatic rings. The van der Waals surface area contributed by atoms with Gasteiger partial charge in [0.1, 0.15) is 17.5 Å². The van der Waals surface area contributed by atoms with Crippen molar-refractivity contribution in [3.63, 3.8) is 0 Å². The van der Waals surface area contributed by atoms with E-state index in [1.165, 1.54) is 12.1 Å². The van der Waals surface area contributed by atoms with Crippen molar-refractivity contribution >= 4 is 28.8 Å². The van der Waals surface area contributed by atoms with E-state index in [1.807, 2.05) is 24.3 Å². The molecule has 0 unspecified atom stereocenters. The number of hydrogen-bond acceptors (Lipinski definition) is 9. The molecule has 0 radical (unpaired) electrons. The summed E-state index contributed by atoms with van der Waals surface area (Å²) in [6, 6.07) is 16.7. The van der Waals surface area contributed by atoms with Crippen LogP contribution in [0.4, 0.5) is 28.8 Å². The lowest BCUT2D eigenvalue weighted by atomic mass is 10.0. The van der Waals surface area contributed by atoms with Crippen LogP contribution in [0.15, 0.2) is 48.5 Å². The van der Waals surface area contributed by atoms with Crippen molar-refractivity contribution in [2.75, 3.05) is 47.4 Å². The zero-order valence-corrected chi connectivity index (χ0v) is 16.6. The van der Waals surface area contributed by atoms with Crippen LogP contribution in [-0.2, 0) is 0 Å². The number of nitrogens with zero attached hydrogens (tertiary/aromatic N) is 6. The van der Waals surface area contributed by atoms with Crippen molar-refractivity contribution in [1.29, 1.82) is 5.26 Å². The highest BCUT2D eigenvalue weighted by molar-refractivity contribution is 5.84. The quantitative estimate of drug-likeness (QED) is 0.482. The first-order chi connectivity index (χ1) is 15.0. The van der Waals surface area contributed by atoms with Gasteiger partial charge in [0, 0.05) is 55.2 Å². The molecule has 2 aromatic carbocycles. The molecule has 0 atom stereocenters. The molecule has 1 saturated heterocycles. The molecular weight excluding hydrogens is 396 g/mol. The molecule has 156 valence electrons. The normalized spacial score (nSPS) is 13.6. The van der Waals surface area contributed by atoms with E-state index >= 15 is 0 Å². The van der Waals surface area contributed by atoms with Gasteiger partial charge >= 0.3 is 0 Å². The summed E-state index contributed by atoms with van der Waals surface area (Å²) in [5, 5.41) is 21.0. The van der Waals surface area contributed by atoms with Gasteiger partial charge < -0.3 is 21.3 Å². The monoisotopic (exact) mass is 416 g/mol. The maximum absolute atomic E-state index is 11.4. The fraction of sp³-hybridized carbons (Fsp3) is 0.190. The number of nitro groups is 1. The summed E-state index contributed by atoms with van der Waals surface area (Å²) < 4.78 is 0. The number of rotatable bonds is 4. The Labute approximate surface area is 178 Å². The van der Waals surface area contributed by atoms with E-state index in [1.54, 1.807) is 6.07 Å². The number of benzene rings is 2. The fourth-order valence-electron chi connectivity index (χ4n) is 3.75. The van der Waals surface area contributed by atoms with E-state index in [2.05, 4.69) is 31.9 Å². The summed E-state index contributed by atoms with van der Waals surface area (Å²) in [7, 11) is 0. The van der Waals surface area contributed by atoms with Gasteiger partial charge in [-0.25, -0.2) is 4.98 Å². The Kier molecular flexibility index (Phi) is 5.24. The van der Waals surface area contributed by atoms with Crippen molar-refractivity contribution in [3.05, 3.63) is 64.2 Å². The molecule has 2 heterocycles. The first-order valence-electron chi connectivity index (χ1n) is 9.64. The summed E-state index contributed by atoms with van der Waals surface area (Å²) in [4.78, 5) is 23.4. The smallest absolute Gasteiger partial charge is 0.270 e. The van der Waals surface area contributed by atoms with Crippen LogP contribution in [0.3, 0.4) is 0 Å². The fourth-order valence-corrected chi connectivity index (χ4v) is 3.75. The van der Waals surface area contributed by atoms with E-state index < -0.39 is 4.92 Å². The number of nitro benzene ring substituents is 1. The van der Waals surface area contributed by atoms with Crippen LogP contribution >= 0.6 is 0 Å². The first kappa shape index (κ1) is 19.9. The Hall–Kier alpha value is -4.39. The van der Waals surface area contributed by atoms with Gasteiger partial charge in [0.2, 0.25) is 5.95 Å². The molecular formula is C21H20N8O2. The number of piperazine rings is 1. The van der Waals surface area contributed by atoms with Crippen LogP contribution in [0.2, 0.25) is 0 Å². The van der Waals surface area contributed by atoms with Crippen LogP contribution < -0.4 is 21.3 Å². The summed E-state index contributed by atoms with van der Waals surface area (Å²) in [6.07, 6.45) is 0. The molecule has 0 amide bonds. The maximum atomic E-state index is 11.4. The van der Waals surface area contributed by atoms with Gasteiger partial charge in [0.05, 0.1) is 10.6 Å². The van der Waals surface area contributed by atoms with Gasteiger partial charge in [-0.05, 0) is 18.2 Å². The SMILES string of the molecule is N#Cc1c(N)nc(N)nc1-c1cc([N+](=O)[O-])ccc1N1CCN(c2ccccc2)CC1. The van der Waals surface area contributed by atoms with Gasteiger partial charge in [-0.1, -0.05) is 18.2 Å². The molecule has 1 aromatic heterocycles. The number of nitrogens with two attached hydrogens (primary N) is 2. The molecule has 0 saturated carbocycles. The van der Waals surface area contributed by atoms with Gasteiger partial charge in [0.25, 0.3) is 5.69 Å². The highest BCUT2D eigenvalue weighted by Crippen LogP contribution is 2.37. The van der Waals surface area contributed by atoms with Gasteiger partial charge in [-0.15, -0.1) is 0 Å². The molecule has 0 aliphatic carbocycles. The van der Waals surface area contributed by atoms with Crippen molar-refractivity contribution in [3.8, 4) is 17.3 Å². The number of anilines is 4. The molecule has 3 aromatic rings. The predicted molar refractivity (Wildman–Crippen MR) is 119 cm³/mol. The highest BCUT2D eigenvalue weighted by atomic mass is 16.6. The van der Waals surface area contributed by atoms with E-state index in [4.69, 9.17) is 11.5 Å². The molecule has 4 N–H and O–H groups in total. The second-order valence-electron chi connectivity index (χ2n) is 7.07. The second kappa shape index (κ2) is 8.16. The Balaban J connectivity index is 1.73. The second-order valence-corrected chi connectivity index (χ2v) is 7.07. The van der Waals surface area contributed by atoms with Crippen LogP contribution in [0.5, 0.6) is 0 Å². The zero-order valence-electron chi connectivity index (χ0n) is 16.6. The molecule has 1 fully saturated rings. The minimum absolute atomic E-state index is 0.0406.